The van der Waals surface area contributed by atoms with E-state index in [0.717, 1.165) is 31.9 Å². The maximum absolute atomic E-state index is 12.8. The van der Waals surface area contributed by atoms with Gasteiger partial charge < -0.3 is 16.1 Å². The van der Waals surface area contributed by atoms with Crippen LogP contribution in [0.5, 0.6) is 0 Å². The van der Waals surface area contributed by atoms with Gasteiger partial charge in [0.25, 0.3) is 0 Å². The number of piperazine rings is 1. The van der Waals surface area contributed by atoms with Crippen LogP contribution >= 0.6 is 0 Å². The molecule has 2 rings (SSSR count). The highest BCUT2D eigenvalue weighted by atomic mass is 19.1. The van der Waals surface area contributed by atoms with Crippen molar-refractivity contribution < 1.29 is 4.39 Å². The van der Waals surface area contributed by atoms with Gasteiger partial charge in [-0.1, -0.05) is 0 Å². The Morgan fingerprint density at radius 2 is 1.94 bits per heavy atom. The van der Waals surface area contributed by atoms with Crippen LogP contribution in [0.4, 0.5) is 15.8 Å². The molecule has 1 aromatic rings. The van der Waals surface area contributed by atoms with Gasteiger partial charge in [0.05, 0.1) is 11.4 Å². The average Bonchev–Trinajstić information content (AvgIpc) is 2.25. The molecule has 0 bridgehead atoms. The number of anilines is 2. The second kappa shape index (κ2) is 4.67. The van der Waals surface area contributed by atoms with Gasteiger partial charge >= 0.3 is 0 Å². The van der Waals surface area contributed by atoms with Gasteiger partial charge in [0.2, 0.25) is 0 Å². The summed E-state index contributed by atoms with van der Waals surface area (Å²) in [6, 6.07) is 4.41. The lowest BCUT2D eigenvalue weighted by Crippen LogP contribution is -2.47. The number of hydrazine groups is 1. The highest BCUT2D eigenvalue weighted by Gasteiger charge is 2.14. The number of nitrogens with two attached hydrogens (primary N) is 1. The minimum absolute atomic E-state index is 0.304. The molecule has 1 aliphatic rings. The normalized spacial score (nSPS) is 18.6. The van der Waals surface area contributed by atoms with Crippen LogP contribution in [-0.2, 0) is 0 Å². The second-order valence-corrected chi connectivity index (χ2v) is 4.13. The third-order valence-electron chi connectivity index (χ3n) is 2.80. The number of hydrogen-bond acceptors (Lipinski definition) is 4. The standard InChI is InChI=1S/C11H17FN4/c1-15-4-6-16(7-5-15)14-11-3-2-9(12)8-10(11)13/h2-3,8,14H,4-7,13H2,1H3. The number of likely N-dealkylation sites (N-methyl/N-ethyl adjacent to an activating group) is 1. The summed E-state index contributed by atoms with van der Waals surface area (Å²) in [4.78, 5) is 2.27. The van der Waals surface area contributed by atoms with Gasteiger partial charge in [-0.05, 0) is 25.2 Å². The van der Waals surface area contributed by atoms with Crippen molar-refractivity contribution >= 4 is 11.4 Å². The predicted octanol–water partition coefficient (Wildman–Crippen LogP) is 0.982. The number of nitrogens with zero attached hydrogens (tertiary/aromatic N) is 2. The highest BCUT2D eigenvalue weighted by molar-refractivity contribution is 5.65. The SMILES string of the molecule is CN1CCN(Nc2ccc(F)cc2N)CC1. The quantitative estimate of drug-likeness (QED) is 0.735. The van der Waals surface area contributed by atoms with Gasteiger partial charge in [0.15, 0.2) is 0 Å². The maximum Gasteiger partial charge on any atom is 0.125 e. The summed E-state index contributed by atoms with van der Waals surface area (Å²) in [5, 5.41) is 2.10. The van der Waals surface area contributed by atoms with Crippen molar-refractivity contribution in [2.45, 2.75) is 0 Å². The molecule has 0 amide bonds. The Balaban J connectivity index is 1.98. The molecule has 0 radical (unpaired) electrons. The van der Waals surface area contributed by atoms with Crippen LogP contribution in [0.2, 0.25) is 0 Å². The molecule has 1 heterocycles. The fourth-order valence-electron chi connectivity index (χ4n) is 1.72. The van der Waals surface area contributed by atoms with E-state index in [1.54, 1.807) is 6.07 Å². The first-order valence-corrected chi connectivity index (χ1v) is 5.40. The number of nitrogen functional groups attached to an aromatic ring is 1. The van der Waals surface area contributed by atoms with Gasteiger partial charge in [-0.25, -0.2) is 9.40 Å². The minimum atomic E-state index is -0.304. The van der Waals surface area contributed by atoms with E-state index in [1.165, 1.54) is 12.1 Å². The molecular formula is C11H17FN4. The van der Waals surface area contributed by atoms with E-state index >= 15 is 0 Å². The van der Waals surface area contributed by atoms with Gasteiger partial charge in [-0.2, -0.15) is 0 Å². The van der Waals surface area contributed by atoms with E-state index < -0.39 is 0 Å². The summed E-state index contributed by atoms with van der Waals surface area (Å²) in [6.45, 7) is 3.92. The summed E-state index contributed by atoms with van der Waals surface area (Å²) in [6.07, 6.45) is 0. The molecule has 0 spiro atoms. The predicted molar refractivity (Wildman–Crippen MR) is 63.5 cm³/mol. The number of benzene rings is 1. The van der Waals surface area contributed by atoms with Crippen molar-refractivity contribution in [2.75, 3.05) is 44.4 Å². The zero-order valence-electron chi connectivity index (χ0n) is 9.41. The number of halogens is 1. The van der Waals surface area contributed by atoms with Crippen LogP contribution < -0.4 is 11.2 Å². The van der Waals surface area contributed by atoms with E-state index in [1.807, 2.05) is 0 Å². The molecule has 88 valence electrons. The van der Waals surface area contributed by atoms with E-state index in [-0.39, 0.29) is 5.82 Å². The maximum atomic E-state index is 12.8. The highest BCUT2D eigenvalue weighted by Crippen LogP contribution is 2.19. The average molecular weight is 224 g/mol. The van der Waals surface area contributed by atoms with Crippen LogP contribution in [0.25, 0.3) is 0 Å². The summed E-state index contributed by atoms with van der Waals surface area (Å²) in [7, 11) is 2.10. The fraction of sp³-hybridized carbons (Fsp3) is 0.455. The summed E-state index contributed by atoms with van der Waals surface area (Å²) < 4.78 is 12.8. The van der Waals surface area contributed by atoms with Crippen LogP contribution in [-0.4, -0.2) is 43.1 Å². The fourth-order valence-corrected chi connectivity index (χ4v) is 1.72. The molecule has 4 nitrogen and oxygen atoms in total. The van der Waals surface area contributed by atoms with Gasteiger partial charge in [-0.3, -0.25) is 0 Å². The van der Waals surface area contributed by atoms with Gasteiger partial charge in [0, 0.05) is 26.2 Å². The first kappa shape index (κ1) is 11.2. The van der Waals surface area contributed by atoms with Crippen LogP contribution in [0.15, 0.2) is 18.2 Å². The Bertz CT molecular complexity index is 361. The van der Waals surface area contributed by atoms with Crippen molar-refractivity contribution in [2.24, 2.45) is 0 Å². The van der Waals surface area contributed by atoms with Crippen molar-refractivity contribution in [3.8, 4) is 0 Å². The number of hydrogen-bond donors (Lipinski definition) is 2. The third-order valence-corrected chi connectivity index (χ3v) is 2.80. The van der Waals surface area contributed by atoms with Crippen molar-refractivity contribution in [1.29, 1.82) is 0 Å². The molecule has 16 heavy (non-hydrogen) atoms. The Hall–Kier alpha value is -1.33. The third kappa shape index (κ3) is 2.62. The van der Waals surface area contributed by atoms with Crippen molar-refractivity contribution in [3.63, 3.8) is 0 Å². The molecule has 0 unspecified atom stereocenters. The van der Waals surface area contributed by atoms with Crippen molar-refractivity contribution in [1.82, 2.24) is 9.91 Å². The first-order chi connectivity index (χ1) is 7.65. The lowest BCUT2D eigenvalue weighted by atomic mass is 10.2. The Morgan fingerprint density at radius 1 is 1.25 bits per heavy atom. The summed E-state index contributed by atoms with van der Waals surface area (Å²) in [5.74, 6) is -0.304. The van der Waals surface area contributed by atoms with Crippen molar-refractivity contribution in [3.05, 3.63) is 24.0 Å². The molecule has 5 heteroatoms. The minimum Gasteiger partial charge on any atom is -0.397 e. The number of rotatable bonds is 2. The molecule has 0 aromatic heterocycles. The molecule has 1 fully saturated rings. The zero-order chi connectivity index (χ0) is 11.5. The Kier molecular flexibility index (Phi) is 3.26. The van der Waals surface area contributed by atoms with Crippen LogP contribution in [0.1, 0.15) is 0 Å². The molecule has 3 N–H and O–H groups in total. The largest absolute Gasteiger partial charge is 0.397 e. The summed E-state index contributed by atoms with van der Waals surface area (Å²) >= 11 is 0. The zero-order valence-corrected chi connectivity index (χ0v) is 9.41. The van der Waals surface area contributed by atoms with E-state index in [4.69, 9.17) is 5.73 Å². The Morgan fingerprint density at radius 3 is 2.56 bits per heavy atom. The smallest absolute Gasteiger partial charge is 0.125 e. The monoisotopic (exact) mass is 224 g/mol. The number of nitrogens with one attached hydrogen (secondary N) is 1. The van der Waals surface area contributed by atoms with Crippen LogP contribution in [0, 0.1) is 5.82 Å². The lowest BCUT2D eigenvalue weighted by Gasteiger charge is -2.33. The van der Waals surface area contributed by atoms with Gasteiger partial charge in [-0.15, -0.1) is 0 Å². The molecule has 1 aromatic carbocycles. The molecular weight excluding hydrogens is 207 g/mol. The van der Waals surface area contributed by atoms with E-state index in [0.29, 0.717) is 5.69 Å². The van der Waals surface area contributed by atoms with Gasteiger partial charge in [0.1, 0.15) is 5.82 Å². The Labute approximate surface area is 94.8 Å². The molecule has 1 saturated heterocycles. The van der Waals surface area contributed by atoms with Crippen LogP contribution in [0.3, 0.4) is 0 Å². The lowest BCUT2D eigenvalue weighted by molar-refractivity contribution is 0.179. The molecule has 0 aliphatic carbocycles. The molecule has 1 aliphatic heterocycles. The first-order valence-electron chi connectivity index (χ1n) is 5.40. The topological polar surface area (TPSA) is 44.5 Å². The second-order valence-electron chi connectivity index (χ2n) is 4.13. The summed E-state index contributed by atoms with van der Waals surface area (Å²) in [5.41, 5.74) is 10.2. The molecule has 0 atom stereocenters. The van der Waals surface area contributed by atoms with E-state index in [2.05, 4.69) is 22.4 Å². The molecule has 0 saturated carbocycles. The van der Waals surface area contributed by atoms with E-state index in [9.17, 15) is 4.39 Å².